The minimum absolute atomic E-state index is 0.178. The molecule has 0 saturated heterocycles. The van der Waals surface area contributed by atoms with Crippen LogP contribution in [0.15, 0.2) is 88.3 Å². The number of aromatic nitrogens is 1. The molecule has 0 aliphatic carbocycles. The second kappa shape index (κ2) is 10.5. The Morgan fingerprint density at radius 1 is 1.06 bits per heavy atom. The average Bonchev–Trinajstić information content (AvgIpc) is 3.11. The Bertz CT molecular complexity index is 1320. The Morgan fingerprint density at radius 3 is 2.38 bits per heavy atom. The zero-order valence-corrected chi connectivity index (χ0v) is 19.2. The van der Waals surface area contributed by atoms with Crippen LogP contribution in [-0.4, -0.2) is 13.0 Å². The first-order valence-corrected chi connectivity index (χ1v) is 11.7. The van der Waals surface area contributed by atoms with Gasteiger partial charge in [-0.3, -0.25) is 0 Å². The van der Waals surface area contributed by atoms with Gasteiger partial charge in [0.25, 0.3) is 5.52 Å². The highest BCUT2D eigenvalue weighted by atomic mass is 35.5. The zero-order valence-electron chi connectivity index (χ0n) is 17.7. The number of fused-ring (bicyclic) bond motifs is 1. The van der Waals surface area contributed by atoms with E-state index in [0.29, 0.717) is 5.02 Å². The number of nitrogens with zero attached hydrogens (tertiary/aromatic N) is 1. The van der Waals surface area contributed by atoms with E-state index >= 15 is 0 Å². The molecule has 0 fully saturated rings. The van der Waals surface area contributed by atoms with Crippen molar-refractivity contribution in [1.29, 1.82) is 0 Å². The van der Waals surface area contributed by atoms with Crippen molar-refractivity contribution >= 4 is 44.6 Å². The van der Waals surface area contributed by atoms with E-state index in [1.54, 1.807) is 12.1 Å². The molecule has 0 radical (unpaired) electrons. The molecule has 4 aromatic rings. The van der Waals surface area contributed by atoms with Gasteiger partial charge in [-0.15, -0.1) is 0 Å². The predicted octanol–water partition coefficient (Wildman–Crippen LogP) is 5.38. The molecule has 0 saturated carbocycles. The lowest BCUT2D eigenvalue weighted by Gasteiger charge is -2.05. The summed E-state index contributed by atoms with van der Waals surface area (Å²) in [5.74, 6) is 0.790. The van der Waals surface area contributed by atoms with E-state index in [2.05, 4.69) is 16.8 Å². The number of oxazole rings is 1. The first-order valence-electron chi connectivity index (χ1n) is 9.90. The predicted molar refractivity (Wildman–Crippen MR) is 125 cm³/mol. The summed E-state index contributed by atoms with van der Waals surface area (Å²) in [5.41, 5.74) is 3.80. The van der Waals surface area contributed by atoms with Gasteiger partial charge in [0.15, 0.2) is 0 Å². The standard InChI is InChI=1S/C17H15ClN2O.C7H8O3S/c1-2-20-15-12-13(18)8-9-16(15)21-17(20)10-11-19-14-6-4-3-5-7-14;1-6-2-4-7(5-3-6)11(8,9)10/h3-12H,2H2,1H3;2-5H,1H3,(H,8,9,10). The van der Waals surface area contributed by atoms with Gasteiger partial charge in [-0.05, 0) is 50.2 Å². The maximum atomic E-state index is 10.4. The van der Waals surface area contributed by atoms with Crippen molar-refractivity contribution in [2.45, 2.75) is 25.3 Å². The fourth-order valence-corrected chi connectivity index (χ4v) is 3.61. The van der Waals surface area contributed by atoms with Crippen LogP contribution in [0, 0.1) is 6.92 Å². The van der Waals surface area contributed by atoms with E-state index in [0.717, 1.165) is 34.8 Å². The van der Waals surface area contributed by atoms with Crippen LogP contribution in [0.2, 0.25) is 5.02 Å². The minimum atomic E-state index is -4.27. The van der Waals surface area contributed by atoms with Gasteiger partial charge in [0.2, 0.25) is 5.58 Å². The quantitative estimate of drug-likeness (QED) is 0.313. The van der Waals surface area contributed by atoms with Gasteiger partial charge in [-0.1, -0.05) is 47.5 Å². The van der Waals surface area contributed by atoms with Gasteiger partial charge in [-0.2, -0.15) is 4.57 Å². The second-order valence-electron chi connectivity index (χ2n) is 6.91. The van der Waals surface area contributed by atoms with Gasteiger partial charge < -0.3 is 14.3 Å². The molecule has 0 amide bonds. The van der Waals surface area contributed by atoms with Gasteiger partial charge in [0, 0.05) is 23.0 Å². The molecule has 0 unspecified atom stereocenters. The third-order valence-electron chi connectivity index (χ3n) is 4.57. The second-order valence-corrected chi connectivity index (χ2v) is 8.72. The van der Waals surface area contributed by atoms with Crippen LogP contribution in [-0.2, 0) is 16.7 Å². The Labute approximate surface area is 192 Å². The van der Waals surface area contributed by atoms with Crippen molar-refractivity contribution in [2.24, 2.45) is 0 Å². The summed E-state index contributed by atoms with van der Waals surface area (Å²) in [6, 6.07) is 21.4. The smallest absolute Gasteiger partial charge is 0.375 e. The third kappa shape index (κ3) is 6.20. The summed E-state index contributed by atoms with van der Waals surface area (Å²) in [5, 5.41) is 3.93. The van der Waals surface area contributed by atoms with Crippen LogP contribution in [0.1, 0.15) is 18.4 Å². The Kier molecular flexibility index (Phi) is 7.69. The SMILES string of the molecule is CC[n+]1c(C=CNc2ccccc2)oc2ccc(Cl)cc21.Cc1ccc(S(=O)(=O)[O-])cc1. The van der Waals surface area contributed by atoms with Crippen LogP contribution < -0.4 is 9.88 Å². The lowest BCUT2D eigenvalue weighted by molar-refractivity contribution is -0.674. The summed E-state index contributed by atoms with van der Waals surface area (Å²) in [4.78, 5) is -0.178. The average molecular weight is 471 g/mol. The minimum Gasteiger partial charge on any atom is -0.744 e. The molecule has 32 heavy (non-hydrogen) atoms. The van der Waals surface area contributed by atoms with Gasteiger partial charge >= 0.3 is 5.89 Å². The van der Waals surface area contributed by atoms with Gasteiger partial charge in [0.1, 0.15) is 16.7 Å². The number of hydrogen-bond donors (Lipinski definition) is 1. The number of aryl methyl sites for hydroxylation is 2. The molecule has 0 bridgehead atoms. The normalized spacial score (nSPS) is 11.4. The topological polar surface area (TPSA) is 86.2 Å². The van der Waals surface area contributed by atoms with Crippen LogP contribution in [0.25, 0.3) is 17.2 Å². The summed E-state index contributed by atoms with van der Waals surface area (Å²) in [6.45, 7) is 4.72. The summed E-state index contributed by atoms with van der Waals surface area (Å²) in [6.07, 6.45) is 3.80. The molecule has 166 valence electrons. The van der Waals surface area contributed by atoms with Crippen molar-refractivity contribution < 1.29 is 22.0 Å². The van der Waals surface area contributed by atoms with Gasteiger partial charge in [-0.25, -0.2) is 8.42 Å². The first-order chi connectivity index (χ1) is 15.3. The highest BCUT2D eigenvalue weighted by Crippen LogP contribution is 2.19. The molecule has 6 nitrogen and oxygen atoms in total. The molecule has 1 aromatic heterocycles. The first kappa shape index (κ1) is 23.5. The van der Waals surface area contributed by atoms with Crippen molar-refractivity contribution in [3.8, 4) is 0 Å². The van der Waals surface area contributed by atoms with E-state index in [9.17, 15) is 13.0 Å². The number of nitrogens with one attached hydrogen (secondary N) is 1. The summed E-state index contributed by atoms with van der Waals surface area (Å²) in [7, 11) is -4.27. The van der Waals surface area contributed by atoms with Crippen molar-refractivity contribution in [1.82, 2.24) is 0 Å². The number of halogens is 1. The molecular weight excluding hydrogens is 448 g/mol. The molecule has 1 N–H and O–H groups in total. The maximum absolute atomic E-state index is 10.4. The maximum Gasteiger partial charge on any atom is 0.375 e. The monoisotopic (exact) mass is 470 g/mol. The molecule has 0 atom stereocenters. The molecule has 1 heterocycles. The van der Waals surface area contributed by atoms with Gasteiger partial charge in [0.05, 0.1) is 11.0 Å². The van der Waals surface area contributed by atoms with Crippen LogP contribution in [0.3, 0.4) is 0 Å². The molecule has 4 rings (SSSR count). The van der Waals surface area contributed by atoms with E-state index in [-0.39, 0.29) is 4.90 Å². The third-order valence-corrected chi connectivity index (χ3v) is 5.65. The van der Waals surface area contributed by atoms with E-state index in [1.165, 1.54) is 12.1 Å². The molecule has 0 aliphatic rings. The summed E-state index contributed by atoms with van der Waals surface area (Å²) >= 11 is 6.06. The van der Waals surface area contributed by atoms with Crippen LogP contribution in [0.4, 0.5) is 5.69 Å². The number of benzene rings is 3. The Hall–Kier alpha value is -3.13. The van der Waals surface area contributed by atoms with E-state index in [4.69, 9.17) is 16.0 Å². The molecule has 8 heteroatoms. The highest BCUT2D eigenvalue weighted by Gasteiger charge is 2.18. The summed E-state index contributed by atoms with van der Waals surface area (Å²) < 4.78 is 39.1. The largest absolute Gasteiger partial charge is 0.744 e. The molecule has 0 spiro atoms. The molecule has 0 aliphatic heterocycles. The lowest BCUT2D eigenvalue weighted by Crippen LogP contribution is -2.33. The Morgan fingerprint density at radius 2 is 1.75 bits per heavy atom. The Balaban J connectivity index is 0.000000222. The number of para-hydroxylation sites is 1. The van der Waals surface area contributed by atoms with Crippen molar-refractivity contribution in [2.75, 3.05) is 5.32 Å². The highest BCUT2D eigenvalue weighted by molar-refractivity contribution is 7.85. The zero-order chi connectivity index (χ0) is 23.1. The number of rotatable bonds is 5. The molecule has 3 aromatic carbocycles. The number of hydrogen-bond acceptors (Lipinski definition) is 5. The van der Waals surface area contributed by atoms with Crippen molar-refractivity contribution in [3.63, 3.8) is 0 Å². The fraction of sp³-hybridized carbons (Fsp3) is 0.125. The van der Waals surface area contributed by atoms with Crippen LogP contribution >= 0.6 is 11.6 Å². The molecular formula is C24H23ClN2O4S. The van der Waals surface area contributed by atoms with Crippen LogP contribution in [0.5, 0.6) is 0 Å². The van der Waals surface area contributed by atoms with Crippen molar-refractivity contribution in [3.05, 3.63) is 95.5 Å². The lowest BCUT2D eigenvalue weighted by atomic mass is 10.2. The van der Waals surface area contributed by atoms with E-state index in [1.807, 2.05) is 67.7 Å². The fourth-order valence-electron chi connectivity index (χ4n) is 2.97. The number of anilines is 1. The van der Waals surface area contributed by atoms with E-state index < -0.39 is 10.1 Å².